The highest BCUT2D eigenvalue weighted by Crippen LogP contribution is 2.26. The Bertz CT molecular complexity index is 1280. The van der Waals surface area contributed by atoms with Gasteiger partial charge in [0.05, 0.1) is 10.4 Å². The second-order valence-corrected chi connectivity index (χ2v) is 6.66. The first-order chi connectivity index (χ1) is 14.5. The number of non-ortho nitro benzene ring substituents is 1. The lowest BCUT2D eigenvalue weighted by Gasteiger charge is -2.10. The summed E-state index contributed by atoms with van der Waals surface area (Å²) in [5, 5.41) is 17.5. The number of aromatic nitrogens is 1. The van der Waals surface area contributed by atoms with Crippen LogP contribution in [0.3, 0.4) is 0 Å². The van der Waals surface area contributed by atoms with Gasteiger partial charge in [-0.05, 0) is 48.6 Å². The number of hydrogen-bond acceptors (Lipinski definition) is 6. The van der Waals surface area contributed by atoms with Crippen molar-refractivity contribution >= 4 is 45.5 Å². The van der Waals surface area contributed by atoms with Gasteiger partial charge < -0.3 is 9.73 Å². The molecule has 0 aliphatic carbocycles. The molecule has 2 aromatic heterocycles. The van der Waals surface area contributed by atoms with Crippen molar-refractivity contribution < 1.29 is 14.1 Å². The number of nitrogens with one attached hydrogen (secondary N) is 2. The van der Waals surface area contributed by atoms with Crippen LogP contribution in [-0.4, -0.2) is 20.9 Å². The second kappa shape index (κ2) is 8.10. The summed E-state index contributed by atoms with van der Waals surface area (Å²) in [6.07, 6.45) is 1.70. The number of carbonyl (C=O) groups is 1. The molecule has 30 heavy (non-hydrogen) atoms. The average Bonchev–Trinajstić information content (AvgIpc) is 3.25. The second-order valence-electron chi connectivity index (χ2n) is 6.26. The molecular formula is C21H14N4O4S. The van der Waals surface area contributed by atoms with E-state index < -0.39 is 10.8 Å². The van der Waals surface area contributed by atoms with Gasteiger partial charge in [0, 0.05) is 35.0 Å². The summed E-state index contributed by atoms with van der Waals surface area (Å²) in [5.41, 5.74) is 1.93. The van der Waals surface area contributed by atoms with Gasteiger partial charge in [0.1, 0.15) is 5.76 Å². The van der Waals surface area contributed by atoms with Gasteiger partial charge in [0.2, 0.25) is 0 Å². The lowest BCUT2D eigenvalue weighted by atomic mass is 10.1. The third-order valence-corrected chi connectivity index (χ3v) is 4.50. The summed E-state index contributed by atoms with van der Waals surface area (Å²) in [6.45, 7) is 0. The quantitative estimate of drug-likeness (QED) is 0.285. The molecular weight excluding hydrogens is 404 g/mol. The molecule has 0 saturated carbocycles. The number of nitrogens with zero attached hydrogens (tertiary/aromatic N) is 2. The number of benzene rings is 2. The van der Waals surface area contributed by atoms with Crippen molar-refractivity contribution in [3.05, 3.63) is 88.8 Å². The first-order valence-electron chi connectivity index (χ1n) is 8.82. The summed E-state index contributed by atoms with van der Waals surface area (Å²) < 4.78 is 5.56. The normalized spacial score (nSPS) is 10.5. The topological polar surface area (TPSA) is 110 Å². The van der Waals surface area contributed by atoms with Gasteiger partial charge in [-0.3, -0.25) is 25.2 Å². The molecule has 2 N–H and O–H groups in total. The fourth-order valence-corrected chi connectivity index (χ4v) is 3.12. The third-order valence-electron chi connectivity index (χ3n) is 4.29. The number of fused-ring (bicyclic) bond motifs is 1. The highest BCUT2D eigenvalue weighted by molar-refractivity contribution is 7.80. The first kappa shape index (κ1) is 19.2. The number of furan rings is 1. The average molecular weight is 418 g/mol. The van der Waals surface area contributed by atoms with Crippen LogP contribution in [0, 0.1) is 10.1 Å². The molecule has 0 aliphatic rings. The van der Waals surface area contributed by atoms with Crippen LogP contribution in [0.2, 0.25) is 0 Å². The molecule has 1 amide bonds. The molecule has 148 valence electrons. The zero-order chi connectivity index (χ0) is 21.1. The Labute approximate surface area is 175 Å². The van der Waals surface area contributed by atoms with Crippen molar-refractivity contribution in [2.75, 3.05) is 5.32 Å². The number of amides is 1. The molecule has 4 aromatic rings. The van der Waals surface area contributed by atoms with Gasteiger partial charge in [-0.25, -0.2) is 0 Å². The van der Waals surface area contributed by atoms with Crippen molar-refractivity contribution in [2.24, 2.45) is 0 Å². The van der Waals surface area contributed by atoms with Gasteiger partial charge in [0.15, 0.2) is 10.9 Å². The van der Waals surface area contributed by atoms with E-state index in [1.54, 1.807) is 24.4 Å². The fourth-order valence-electron chi connectivity index (χ4n) is 2.92. The summed E-state index contributed by atoms with van der Waals surface area (Å²) in [6, 6.07) is 18.3. The van der Waals surface area contributed by atoms with Gasteiger partial charge in [-0.1, -0.05) is 18.2 Å². The standard InChI is InChI=1S/C21H14N4O4S/c26-20(19-10-9-18(29-19)13-4-1-5-14(12-13)25(27)28)24-21(30)23-17-8-2-7-16-15(17)6-3-11-22-16/h1-12H,(H2,23,24,26,30). The predicted molar refractivity (Wildman–Crippen MR) is 116 cm³/mol. The van der Waals surface area contributed by atoms with E-state index in [0.29, 0.717) is 17.0 Å². The highest BCUT2D eigenvalue weighted by Gasteiger charge is 2.16. The molecule has 8 nitrogen and oxygen atoms in total. The Morgan fingerprint density at radius 3 is 2.73 bits per heavy atom. The monoisotopic (exact) mass is 418 g/mol. The lowest BCUT2D eigenvalue weighted by molar-refractivity contribution is -0.384. The zero-order valence-electron chi connectivity index (χ0n) is 15.4. The van der Waals surface area contributed by atoms with Crippen LogP contribution in [0.25, 0.3) is 22.2 Å². The maximum Gasteiger partial charge on any atom is 0.293 e. The molecule has 0 fully saturated rings. The van der Waals surface area contributed by atoms with Crippen LogP contribution >= 0.6 is 12.2 Å². The SMILES string of the molecule is O=C(NC(=S)Nc1cccc2ncccc12)c1ccc(-c2cccc([N+](=O)[O-])c2)o1. The summed E-state index contributed by atoms with van der Waals surface area (Å²) >= 11 is 5.24. The van der Waals surface area contributed by atoms with E-state index >= 15 is 0 Å². The Hall–Kier alpha value is -4.11. The van der Waals surface area contributed by atoms with Gasteiger partial charge in [-0.15, -0.1) is 0 Å². The van der Waals surface area contributed by atoms with Crippen LogP contribution < -0.4 is 10.6 Å². The molecule has 0 unspecified atom stereocenters. The smallest absolute Gasteiger partial charge is 0.293 e. The first-order valence-corrected chi connectivity index (χ1v) is 9.23. The van der Waals surface area contributed by atoms with Crippen molar-refractivity contribution in [2.45, 2.75) is 0 Å². The van der Waals surface area contributed by atoms with Gasteiger partial charge in [0.25, 0.3) is 11.6 Å². The summed E-state index contributed by atoms with van der Waals surface area (Å²) in [4.78, 5) is 27.2. The number of rotatable bonds is 4. The largest absolute Gasteiger partial charge is 0.451 e. The van der Waals surface area contributed by atoms with Crippen molar-refractivity contribution in [3.63, 3.8) is 0 Å². The van der Waals surface area contributed by atoms with E-state index in [-0.39, 0.29) is 16.6 Å². The summed E-state index contributed by atoms with van der Waals surface area (Å²) in [5.74, 6) is -0.175. The van der Waals surface area contributed by atoms with Crippen LogP contribution in [-0.2, 0) is 0 Å². The molecule has 0 spiro atoms. The zero-order valence-corrected chi connectivity index (χ0v) is 16.2. The number of carbonyl (C=O) groups excluding carboxylic acids is 1. The Kier molecular flexibility index (Phi) is 5.19. The fraction of sp³-hybridized carbons (Fsp3) is 0. The molecule has 0 saturated heterocycles. The van der Waals surface area contributed by atoms with E-state index in [9.17, 15) is 14.9 Å². The molecule has 0 radical (unpaired) electrons. The maximum absolute atomic E-state index is 12.5. The van der Waals surface area contributed by atoms with E-state index in [2.05, 4.69) is 15.6 Å². The number of pyridine rings is 1. The minimum atomic E-state index is -0.539. The molecule has 0 aliphatic heterocycles. The Morgan fingerprint density at radius 2 is 1.90 bits per heavy atom. The third kappa shape index (κ3) is 4.01. The van der Waals surface area contributed by atoms with E-state index in [4.69, 9.17) is 16.6 Å². The molecule has 4 rings (SSSR count). The Balaban J connectivity index is 1.47. The maximum atomic E-state index is 12.5. The number of nitro groups is 1. The van der Waals surface area contributed by atoms with Crippen molar-refractivity contribution in [1.29, 1.82) is 0 Å². The number of anilines is 1. The molecule has 0 atom stereocenters. The molecule has 0 bridgehead atoms. The number of thiocarbonyl (C=S) groups is 1. The highest BCUT2D eigenvalue weighted by atomic mass is 32.1. The summed E-state index contributed by atoms with van der Waals surface area (Å²) in [7, 11) is 0. The molecule has 2 aromatic carbocycles. The van der Waals surface area contributed by atoms with E-state index in [0.717, 1.165) is 10.9 Å². The van der Waals surface area contributed by atoms with Crippen LogP contribution in [0.4, 0.5) is 11.4 Å². The van der Waals surface area contributed by atoms with Crippen molar-refractivity contribution in [1.82, 2.24) is 10.3 Å². The van der Waals surface area contributed by atoms with Gasteiger partial charge >= 0.3 is 0 Å². The van der Waals surface area contributed by atoms with Crippen molar-refractivity contribution in [3.8, 4) is 11.3 Å². The van der Waals surface area contributed by atoms with Crippen LogP contribution in [0.15, 0.2) is 77.3 Å². The van der Waals surface area contributed by atoms with Crippen LogP contribution in [0.1, 0.15) is 10.6 Å². The van der Waals surface area contributed by atoms with E-state index in [1.807, 2.05) is 30.3 Å². The number of nitro benzene ring substituents is 1. The van der Waals surface area contributed by atoms with E-state index in [1.165, 1.54) is 18.2 Å². The number of hydrogen-bond donors (Lipinski definition) is 2. The Morgan fingerprint density at radius 1 is 1.07 bits per heavy atom. The minimum Gasteiger partial charge on any atom is -0.451 e. The van der Waals surface area contributed by atoms with Gasteiger partial charge in [-0.2, -0.15) is 0 Å². The van der Waals surface area contributed by atoms with Crippen LogP contribution in [0.5, 0.6) is 0 Å². The molecule has 2 heterocycles. The minimum absolute atomic E-state index is 0.0280. The lowest BCUT2D eigenvalue weighted by Crippen LogP contribution is -2.33. The predicted octanol–water partition coefficient (Wildman–Crippen LogP) is 4.53. The molecule has 9 heteroatoms.